The van der Waals surface area contributed by atoms with Crippen molar-refractivity contribution in [1.82, 2.24) is 10.2 Å². The van der Waals surface area contributed by atoms with E-state index >= 15 is 0 Å². The Morgan fingerprint density at radius 3 is 2.75 bits per heavy atom. The van der Waals surface area contributed by atoms with Gasteiger partial charge >= 0.3 is 0 Å². The minimum Gasteiger partial charge on any atom is -0.497 e. The highest BCUT2D eigenvalue weighted by molar-refractivity contribution is 5.27. The number of hydrogen-bond donors (Lipinski definition) is 1. The molecule has 0 radical (unpaired) electrons. The fourth-order valence-electron chi connectivity index (χ4n) is 2.96. The van der Waals surface area contributed by atoms with Crippen LogP contribution in [0.25, 0.3) is 0 Å². The Bertz CT molecular complexity index is 377. The number of benzene rings is 1. The van der Waals surface area contributed by atoms with E-state index in [0.29, 0.717) is 0 Å². The van der Waals surface area contributed by atoms with E-state index in [-0.39, 0.29) is 0 Å². The van der Waals surface area contributed by atoms with Gasteiger partial charge in [-0.15, -0.1) is 0 Å². The molecule has 1 heterocycles. The Balaban J connectivity index is 1.83. The largest absolute Gasteiger partial charge is 0.497 e. The van der Waals surface area contributed by atoms with Gasteiger partial charge in [0.1, 0.15) is 5.75 Å². The third-order valence-electron chi connectivity index (χ3n) is 4.23. The molecule has 0 amide bonds. The number of nitrogens with one attached hydrogen (secondary N) is 1. The van der Waals surface area contributed by atoms with Gasteiger partial charge in [-0.2, -0.15) is 0 Å². The van der Waals surface area contributed by atoms with Gasteiger partial charge in [0.15, 0.2) is 0 Å². The number of piperidine rings is 1. The minimum atomic E-state index is 0.724. The van der Waals surface area contributed by atoms with Crippen LogP contribution in [0, 0.1) is 0 Å². The van der Waals surface area contributed by atoms with Gasteiger partial charge in [0.05, 0.1) is 7.11 Å². The van der Waals surface area contributed by atoms with Crippen LogP contribution in [-0.2, 0) is 6.42 Å². The van der Waals surface area contributed by atoms with Crippen molar-refractivity contribution in [3.63, 3.8) is 0 Å². The van der Waals surface area contributed by atoms with Gasteiger partial charge in [-0.05, 0) is 50.0 Å². The number of likely N-dealkylation sites (N-methyl/N-ethyl adjacent to an activating group) is 1. The number of likely N-dealkylation sites (tertiary alicyclic amines) is 1. The molecule has 1 aliphatic heterocycles. The zero-order valence-electron chi connectivity index (χ0n) is 12.9. The van der Waals surface area contributed by atoms with E-state index < -0.39 is 0 Å². The van der Waals surface area contributed by atoms with Crippen LogP contribution in [0.5, 0.6) is 5.75 Å². The van der Waals surface area contributed by atoms with Gasteiger partial charge in [0, 0.05) is 19.1 Å². The zero-order valence-corrected chi connectivity index (χ0v) is 12.9. The second-order valence-corrected chi connectivity index (χ2v) is 5.59. The van der Waals surface area contributed by atoms with Gasteiger partial charge in [0.25, 0.3) is 0 Å². The Morgan fingerprint density at radius 2 is 2.05 bits per heavy atom. The maximum Gasteiger partial charge on any atom is 0.118 e. The average Bonchev–Trinajstić information content (AvgIpc) is 2.52. The molecule has 2 rings (SSSR count). The maximum absolute atomic E-state index is 5.21. The summed E-state index contributed by atoms with van der Waals surface area (Å²) in [6.45, 7) is 6.82. The summed E-state index contributed by atoms with van der Waals surface area (Å²) in [5.74, 6) is 0.941. The van der Waals surface area contributed by atoms with Crippen molar-refractivity contribution in [3.8, 4) is 5.75 Å². The molecular weight excluding hydrogens is 248 g/mol. The molecule has 1 aromatic carbocycles. The van der Waals surface area contributed by atoms with Crippen LogP contribution in [0.15, 0.2) is 24.3 Å². The molecule has 0 bridgehead atoms. The summed E-state index contributed by atoms with van der Waals surface area (Å²) in [6.07, 6.45) is 5.21. The summed E-state index contributed by atoms with van der Waals surface area (Å²) in [7, 11) is 1.72. The van der Waals surface area contributed by atoms with Gasteiger partial charge < -0.3 is 10.1 Å². The van der Waals surface area contributed by atoms with E-state index in [1.54, 1.807) is 7.11 Å². The molecule has 0 aliphatic carbocycles. The summed E-state index contributed by atoms with van der Waals surface area (Å²) >= 11 is 0. The summed E-state index contributed by atoms with van der Waals surface area (Å²) in [5.41, 5.74) is 1.40. The maximum atomic E-state index is 5.21. The average molecular weight is 276 g/mol. The van der Waals surface area contributed by atoms with Crippen molar-refractivity contribution in [3.05, 3.63) is 29.8 Å². The standard InChI is InChI=1S/C17H28N2O/c1-3-18-14-16-6-4-5-12-19(16)13-11-15-7-9-17(20-2)10-8-15/h7-10,16,18H,3-6,11-14H2,1-2H3. The second-order valence-electron chi connectivity index (χ2n) is 5.59. The normalized spacial score (nSPS) is 20.0. The molecule has 0 saturated carbocycles. The topological polar surface area (TPSA) is 24.5 Å². The van der Waals surface area contributed by atoms with Gasteiger partial charge in [-0.1, -0.05) is 25.5 Å². The van der Waals surface area contributed by atoms with E-state index in [1.165, 1.54) is 37.9 Å². The van der Waals surface area contributed by atoms with Crippen molar-refractivity contribution in [1.29, 1.82) is 0 Å². The first-order valence-corrected chi connectivity index (χ1v) is 7.91. The SMILES string of the molecule is CCNCC1CCCCN1CCc1ccc(OC)cc1. The van der Waals surface area contributed by atoms with E-state index in [0.717, 1.165) is 31.3 Å². The summed E-state index contributed by atoms with van der Waals surface area (Å²) in [5, 5.41) is 3.50. The number of nitrogens with zero attached hydrogens (tertiary/aromatic N) is 1. The molecule has 0 spiro atoms. The molecule has 1 fully saturated rings. The summed E-state index contributed by atoms with van der Waals surface area (Å²) < 4.78 is 5.21. The molecule has 0 aromatic heterocycles. The van der Waals surface area contributed by atoms with Crippen molar-refractivity contribution >= 4 is 0 Å². The molecule has 1 aliphatic rings. The molecule has 112 valence electrons. The lowest BCUT2D eigenvalue weighted by atomic mass is 10.0. The number of ether oxygens (including phenoxy) is 1. The van der Waals surface area contributed by atoms with Crippen LogP contribution in [0.3, 0.4) is 0 Å². The van der Waals surface area contributed by atoms with Crippen LogP contribution in [0.4, 0.5) is 0 Å². The van der Waals surface area contributed by atoms with Crippen LogP contribution < -0.4 is 10.1 Å². The second kappa shape index (κ2) is 8.28. The quantitative estimate of drug-likeness (QED) is 0.828. The van der Waals surface area contributed by atoms with E-state index in [1.807, 2.05) is 0 Å². The van der Waals surface area contributed by atoms with Gasteiger partial charge in [-0.3, -0.25) is 4.90 Å². The van der Waals surface area contributed by atoms with E-state index in [9.17, 15) is 0 Å². The Hall–Kier alpha value is -1.06. The van der Waals surface area contributed by atoms with Crippen molar-refractivity contribution < 1.29 is 4.74 Å². The molecule has 1 aromatic rings. The van der Waals surface area contributed by atoms with Gasteiger partial charge in [0.2, 0.25) is 0 Å². The Kier molecular flexibility index (Phi) is 6.34. The van der Waals surface area contributed by atoms with Crippen molar-refractivity contribution in [2.24, 2.45) is 0 Å². The molecule has 3 nitrogen and oxygen atoms in total. The molecule has 1 saturated heterocycles. The lowest BCUT2D eigenvalue weighted by molar-refractivity contribution is 0.147. The number of rotatable bonds is 7. The Labute approximate surface area is 123 Å². The molecule has 1 atom stereocenters. The highest BCUT2D eigenvalue weighted by Gasteiger charge is 2.21. The third kappa shape index (κ3) is 4.50. The molecular formula is C17H28N2O. The predicted molar refractivity (Wildman–Crippen MR) is 84.5 cm³/mol. The highest BCUT2D eigenvalue weighted by atomic mass is 16.5. The first-order valence-electron chi connectivity index (χ1n) is 7.91. The van der Waals surface area contributed by atoms with Crippen molar-refractivity contribution in [2.45, 2.75) is 38.6 Å². The lowest BCUT2D eigenvalue weighted by Crippen LogP contribution is -2.46. The zero-order chi connectivity index (χ0) is 14.2. The van der Waals surface area contributed by atoms with Crippen molar-refractivity contribution in [2.75, 3.05) is 33.3 Å². The van der Waals surface area contributed by atoms with Crippen LogP contribution >= 0.6 is 0 Å². The lowest BCUT2D eigenvalue weighted by Gasteiger charge is -2.36. The minimum absolute atomic E-state index is 0.724. The number of hydrogen-bond acceptors (Lipinski definition) is 3. The Morgan fingerprint density at radius 1 is 1.25 bits per heavy atom. The highest BCUT2D eigenvalue weighted by Crippen LogP contribution is 2.18. The first-order chi connectivity index (χ1) is 9.83. The first kappa shape index (κ1) is 15.3. The summed E-state index contributed by atoms with van der Waals surface area (Å²) in [4.78, 5) is 2.66. The predicted octanol–water partition coefficient (Wildman–Crippen LogP) is 2.70. The molecule has 1 N–H and O–H groups in total. The number of methoxy groups -OCH3 is 1. The fourth-order valence-corrected chi connectivity index (χ4v) is 2.96. The van der Waals surface area contributed by atoms with E-state index in [2.05, 4.69) is 41.4 Å². The third-order valence-corrected chi connectivity index (χ3v) is 4.23. The van der Waals surface area contributed by atoms with Crippen LogP contribution in [-0.4, -0.2) is 44.2 Å². The van der Waals surface area contributed by atoms with E-state index in [4.69, 9.17) is 4.74 Å². The smallest absolute Gasteiger partial charge is 0.118 e. The monoisotopic (exact) mass is 276 g/mol. The molecule has 20 heavy (non-hydrogen) atoms. The van der Waals surface area contributed by atoms with Gasteiger partial charge in [-0.25, -0.2) is 0 Å². The molecule has 3 heteroatoms. The summed E-state index contributed by atoms with van der Waals surface area (Å²) in [6, 6.07) is 9.20. The molecule has 1 unspecified atom stereocenters. The van der Waals surface area contributed by atoms with Crippen LogP contribution in [0.2, 0.25) is 0 Å². The fraction of sp³-hybridized carbons (Fsp3) is 0.647. The van der Waals surface area contributed by atoms with Crippen LogP contribution in [0.1, 0.15) is 31.7 Å².